The molecule has 0 aliphatic carbocycles. The van der Waals surface area contributed by atoms with Gasteiger partial charge < -0.3 is 6.42 Å². The predicted octanol–water partition coefficient (Wildman–Crippen LogP) is 2.23. The summed E-state index contributed by atoms with van der Waals surface area (Å²) in [5, 5.41) is 0. The van der Waals surface area contributed by atoms with Crippen LogP contribution in [0.15, 0.2) is 24.3 Å². The molecule has 0 atom stereocenters. The van der Waals surface area contributed by atoms with Gasteiger partial charge >= 0.3 is 17.1 Å². The minimum atomic E-state index is 0. The largest absolute Gasteiger partial charge is 1.00 e. The normalized spacial score (nSPS) is 7.60. The summed E-state index contributed by atoms with van der Waals surface area (Å²) >= 11 is 2.21. The number of hydrogen-bond donors (Lipinski definition) is 0. The van der Waals surface area contributed by atoms with Gasteiger partial charge in [0.25, 0.3) is 0 Å². The van der Waals surface area contributed by atoms with Crippen molar-refractivity contribution in [3.63, 3.8) is 0 Å². The summed E-state index contributed by atoms with van der Waals surface area (Å²) in [6.07, 6.45) is 6.79. The Hall–Kier alpha value is 0.0295. The Morgan fingerprint density at radius 3 is 2.50 bits per heavy atom. The first-order valence-corrected chi connectivity index (χ1v) is 3.59. The second-order valence-electron chi connectivity index (χ2n) is 1.64. The molecule has 0 N–H and O–H groups in total. The van der Waals surface area contributed by atoms with Crippen molar-refractivity contribution in [2.75, 3.05) is 0 Å². The summed E-state index contributed by atoms with van der Waals surface area (Å²) in [5.41, 5.74) is 0.835. The van der Waals surface area contributed by atoms with Crippen LogP contribution in [0.5, 0.6) is 0 Å². The maximum atomic E-state index is 6.79. The predicted molar refractivity (Wildman–Crippen MR) is 45.4 cm³/mol. The molecule has 0 saturated heterocycles. The zero-order valence-electron chi connectivity index (χ0n) is 4.99. The van der Waals surface area contributed by atoms with Gasteiger partial charge in [-0.25, -0.2) is 0 Å². The van der Waals surface area contributed by atoms with Crippen LogP contribution >= 0.6 is 22.6 Å². The minimum Gasteiger partial charge on any atom is -0.366 e. The fourth-order valence-corrected chi connectivity index (χ4v) is 1.11. The molecule has 1 rings (SSSR count). The van der Waals surface area contributed by atoms with Crippen LogP contribution < -0.4 is 0 Å². The van der Waals surface area contributed by atoms with E-state index in [1.807, 2.05) is 24.3 Å². The standard InChI is InChI=1S/C8H4I.Cu/c1-2-7-4-3-5-8(9)6-7;/h3-6H;/q-1;+1. The first kappa shape index (κ1) is 10.0. The summed E-state index contributed by atoms with van der Waals surface area (Å²) in [7, 11) is 0. The van der Waals surface area contributed by atoms with E-state index in [0.717, 1.165) is 9.13 Å². The Labute approximate surface area is 85.0 Å². The van der Waals surface area contributed by atoms with Gasteiger partial charge in [0.2, 0.25) is 0 Å². The van der Waals surface area contributed by atoms with Crippen molar-refractivity contribution in [1.29, 1.82) is 0 Å². The van der Waals surface area contributed by atoms with E-state index in [1.165, 1.54) is 0 Å². The molecule has 0 unspecified atom stereocenters. The molecule has 0 nitrogen and oxygen atoms in total. The summed E-state index contributed by atoms with van der Waals surface area (Å²) in [6.45, 7) is 0. The number of rotatable bonds is 0. The fraction of sp³-hybridized carbons (Fsp3) is 0. The van der Waals surface area contributed by atoms with Gasteiger partial charge in [0, 0.05) is 0 Å². The van der Waals surface area contributed by atoms with Gasteiger partial charge in [-0.2, -0.15) is 0 Å². The number of halogens is 1. The summed E-state index contributed by atoms with van der Waals surface area (Å²) in [6, 6.07) is 7.67. The molecule has 1 aromatic carbocycles. The van der Waals surface area contributed by atoms with Crippen molar-refractivity contribution in [3.8, 4) is 5.92 Å². The molecule has 0 spiro atoms. The SMILES string of the molecule is [C-]#Cc1cccc(I)c1.[Cu+]. The van der Waals surface area contributed by atoms with Gasteiger partial charge in [0.15, 0.2) is 0 Å². The van der Waals surface area contributed by atoms with Crippen LogP contribution in [0.3, 0.4) is 0 Å². The first-order chi connectivity index (χ1) is 4.33. The molecule has 0 fully saturated rings. The molecular formula is C8H4CuI. The molecule has 1 aromatic rings. The summed E-state index contributed by atoms with van der Waals surface area (Å²) < 4.78 is 1.14. The van der Waals surface area contributed by atoms with Crippen LogP contribution in [0.1, 0.15) is 5.56 Å². The molecule has 0 saturated carbocycles. The smallest absolute Gasteiger partial charge is 0.366 e. The van der Waals surface area contributed by atoms with E-state index in [1.54, 1.807) is 0 Å². The van der Waals surface area contributed by atoms with E-state index >= 15 is 0 Å². The molecule has 0 aromatic heterocycles. The summed E-state index contributed by atoms with van der Waals surface area (Å²) in [4.78, 5) is 0. The number of benzene rings is 1. The van der Waals surface area contributed by atoms with Gasteiger partial charge in [0.1, 0.15) is 0 Å². The number of hydrogen-bond acceptors (Lipinski definition) is 0. The first-order valence-electron chi connectivity index (χ1n) is 2.51. The van der Waals surface area contributed by atoms with Crippen molar-refractivity contribution >= 4 is 22.6 Å². The molecule has 0 aliphatic rings. The Balaban J connectivity index is 0.000000810. The molecule has 54 valence electrons. The topological polar surface area (TPSA) is 0 Å². The average molecular weight is 291 g/mol. The molecular weight excluding hydrogens is 287 g/mol. The van der Waals surface area contributed by atoms with E-state index in [0.29, 0.717) is 0 Å². The van der Waals surface area contributed by atoms with Crippen LogP contribution in [-0.2, 0) is 17.1 Å². The molecule has 0 amide bonds. The Morgan fingerprint density at radius 2 is 2.10 bits per heavy atom. The quantitative estimate of drug-likeness (QED) is 0.297. The maximum absolute atomic E-state index is 6.79. The van der Waals surface area contributed by atoms with Gasteiger partial charge in [-0.15, -0.1) is 17.7 Å². The summed E-state index contributed by atoms with van der Waals surface area (Å²) in [5.74, 6) is 2.31. The molecule has 0 aliphatic heterocycles. The van der Waals surface area contributed by atoms with Crippen LogP contribution in [0, 0.1) is 15.9 Å². The van der Waals surface area contributed by atoms with Gasteiger partial charge in [0.05, 0.1) is 0 Å². The van der Waals surface area contributed by atoms with Crippen molar-refractivity contribution in [3.05, 3.63) is 39.8 Å². The molecule has 10 heavy (non-hydrogen) atoms. The van der Waals surface area contributed by atoms with Crippen LogP contribution in [-0.4, -0.2) is 0 Å². The second kappa shape index (κ2) is 4.79. The van der Waals surface area contributed by atoms with Crippen molar-refractivity contribution < 1.29 is 17.1 Å². The molecule has 0 radical (unpaired) electrons. The molecule has 0 heterocycles. The van der Waals surface area contributed by atoms with Gasteiger partial charge in [-0.1, -0.05) is 12.1 Å². The Kier molecular flexibility index (Phi) is 4.80. The van der Waals surface area contributed by atoms with E-state index < -0.39 is 0 Å². The zero-order valence-corrected chi connectivity index (χ0v) is 8.09. The minimum absolute atomic E-state index is 0. The van der Waals surface area contributed by atoms with Crippen LogP contribution in [0.4, 0.5) is 0 Å². The Bertz CT molecular complexity index is 250. The third kappa shape index (κ3) is 2.74. The molecule has 0 bridgehead atoms. The van der Waals surface area contributed by atoms with Gasteiger partial charge in [-0.3, -0.25) is 5.92 Å². The van der Waals surface area contributed by atoms with Crippen LogP contribution in [0.2, 0.25) is 0 Å². The van der Waals surface area contributed by atoms with E-state index in [2.05, 4.69) is 28.5 Å². The Morgan fingerprint density at radius 1 is 1.40 bits per heavy atom. The second-order valence-corrected chi connectivity index (χ2v) is 2.88. The van der Waals surface area contributed by atoms with E-state index in [4.69, 9.17) is 6.42 Å². The van der Waals surface area contributed by atoms with Gasteiger partial charge in [-0.05, 0) is 26.2 Å². The molecule has 2 heteroatoms. The van der Waals surface area contributed by atoms with Crippen LogP contribution in [0.25, 0.3) is 0 Å². The monoisotopic (exact) mass is 290 g/mol. The average Bonchev–Trinajstić information content (AvgIpc) is 1.88. The van der Waals surface area contributed by atoms with E-state index in [9.17, 15) is 0 Å². The third-order valence-electron chi connectivity index (χ3n) is 0.969. The van der Waals surface area contributed by atoms with E-state index in [-0.39, 0.29) is 17.1 Å². The fourth-order valence-electron chi connectivity index (χ4n) is 0.566. The van der Waals surface area contributed by atoms with Crippen molar-refractivity contribution in [2.24, 2.45) is 0 Å². The maximum Gasteiger partial charge on any atom is 1.00 e. The third-order valence-corrected chi connectivity index (χ3v) is 1.64. The van der Waals surface area contributed by atoms with Crippen molar-refractivity contribution in [1.82, 2.24) is 0 Å². The van der Waals surface area contributed by atoms with Crippen molar-refractivity contribution in [2.45, 2.75) is 0 Å². The zero-order chi connectivity index (χ0) is 6.69.